The Morgan fingerprint density at radius 3 is 2.77 bits per heavy atom. The molecule has 0 radical (unpaired) electrons. The van der Waals surface area contributed by atoms with Crippen LogP contribution in [0.3, 0.4) is 0 Å². The number of para-hydroxylation sites is 1. The maximum Gasteiger partial charge on any atom is 0.305 e. The standard InChI is InChI=1S/C24H25N5O2/c1-31-23(30)12-6-9-21-17-29(22-10-3-2-4-11-22)24(28-21)25-14-18-7-5-8-19(13-18)20-15-26-27-16-20/h2-5,7-8,10-11,13,15-17H,6,9,12,14H2,1H3,(H,25,28)(H,26,27). The number of carbonyl (C=O) groups is 1. The van der Waals surface area contributed by atoms with Gasteiger partial charge >= 0.3 is 5.97 Å². The van der Waals surface area contributed by atoms with Gasteiger partial charge in [-0.25, -0.2) is 4.98 Å². The number of aromatic nitrogens is 4. The average Bonchev–Trinajstić information content (AvgIpc) is 3.49. The van der Waals surface area contributed by atoms with Crippen LogP contribution in [0.2, 0.25) is 0 Å². The molecule has 2 aromatic carbocycles. The summed E-state index contributed by atoms with van der Waals surface area (Å²) in [6.45, 7) is 0.636. The number of anilines is 1. The van der Waals surface area contributed by atoms with Crippen LogP contribution in [0.15, 0.2) is 73.2 Å². The van der Waals surface area contributed by atoms with E-state index in [0.717, 1.165) is 34.0 Å². The van der Waals surface area contributed by atoms with E-state index in [-0.39, 0.29) is 5.97 Å². The van der Waals surface area contributed by atoms with Crippen LogP contribution in [0.4, 0.5) is 5.95 Å². The molecular formula is C24H25N5O2. The minimum Gasteiger partial charge on any atom is -0.469 e. The van der Waals surface area contributed by atoms with Gasteiger partial charge in [-0.2, -0.15) is 5.10 Å². The van der Waals surface area contributed by atoms with Gasteiger partial charge in [0.05, 0.1) is 19.0 Å². The lowest BCUT2D eigenvalue weighted by Gasteiger charge is -2.10. The Morgan fingerprint density at radius 1 is 1.13 bits per heavy atom. The minimum atomic E-state index is -0.196. The summed E-state index contributed by atoms with van der Waals surface area (Å²) in [5.74, 6) is 0.575. The van der Waals surface area contributed by atoms with E-state index in [9.17, 15) is 4.79 Å². The third-order valence-corrected chi connectivity index (χ3v) is 5.04. The number of benzene rings is 2. The largest absolute Gasteiger partial charge is 0.469 e. The second-order valence-electron chi connectivity index (χ2n) is 7.23. The van der Waals surface area contributed by atoms with E-state index in [0.29, 0.717) is 25.8 Å². The molecule has 0 spiro atoms. The van der Waals surface area contributed by atoms with Crippen molar-refractivity contribution in [3.63, 3.8) is 0 Å². The number of hydrogen-bond acceptors (Lipinski definition) is 5. The van der Waals surface area contributed by atoms with E-state index >= 15 is 0 Å². The van der Waals surface area contributed by atoms with Crippen molar-refractivity contribution in [2.24, 2.45) is 0 Å². The SMILES string of the molecule is COC(=O)CCCc1cn(-c2ccccc2)c(NCc2cccc(-c3cn[nH]c3)c2)n1. The fraction of sp³-hybridized carbons (Fsp3) is 0.208. The highest BCUT2D eigenvalue weighted by Gasteiger charge is 2.11. The Morgan fingerprint density at radius 2 is 2.00 bits per heavy atom. The molecule has 4 aromatic rings. The number of esters is 1. The van der Waals surface area contributed by atoms with Crippen LogP contribution >= 0.6 is 0 Å². The van der Waals surface area contributed by atoms with Crippen LogP contribution in [-0.4, -0.2) is 32.8 Å². The number of imidazole rings is 1. The van der Waals surface area contributed by atoms with E-state index in [1.54, 1.807) is 0 Å². The van der Waals surface area contributed by atoms with Gasteiger partial charge in [-0.3, -0.25) is 14.5 Å². The Balaban J connectivity index is 1.51. The number of hydrogen-bond donors (Lipinski definition) is 2. The highest BCUT2D eigenvalue weighted by molar-refractivity contribution is 5.69. The monoisotopic (exact) mass is 415 g/mol. The molecule has 2 N–H and O–H groups in total. The zero-order chi connectivity index (χ0) is 21.5. The molecule has 0 amide bonds. The molecule has 0 aliphatic heterocycles. The highest BCUT2D eigenvalue weighted by Crippen LogP contribution is 2.21. The molecule has 2 heterocycles. The van der Waals surface area contributed by atoms with Crippen molar-refractivity contribution in [2.45, 2.75) is 25.8 Å². The highest BCUT2D eigenvalue weighted by atomic mass is 16.5. The summed E-state index contributed by atoms with van der Waals surface area (Å²) in [7, 11) is 1.41. The van der Waals surface area contributed by atoms with Crippen molar-refractivity contribution in [3.05, 3.63) is 84.4 Å². The number of nitrogens with zero attached hydrogens (tertiary/aromatic N) is 3. The number of rotatable bonds is 9. The molecule has 2 aromatic heterocycles. The zero-order valence-electron chi connectivity index (χ0n) is 17.4. The lowest BCUT2D eigenvalue weighted by atomic mass is 10.1. The van der Waals surface area contributed by atoms with Crippen molar-refractivity contribution in [1.29, 1.82) is 0 Å². The van der Waals surface area contributed by atoms with Gasteiger partial charge in [-0.05, 0) is 42.2 Å². The van der Waals surface area contributed by atoms with E-state index in [4.69, 9.17) is 9.72 Å². The average molecular weight is 415 g/mol. The number of ether oxygens (including phenoxy) is 1. The predicted molar refractivity (Wildman–Crippen MR) is 120 cm³/mol. The van der Waals surface area contributed by atoms with Crippen LogP contribution in [0.1, 0.15) is 24.1 Å². The van der Waals surface area contributed by atoms with Crippen LogP contribution in [-0.2, 0) is 22.5 Å². The number of carbonyl (C=O) groups excluding carboxylic acids is 1. The summed E-state index contributed by atoms with van der Waals surface area (Å²) in [4.78, 5) is 16.2. The Labute approximate surface area is 181 Å². The van der Waals surface area contributed by atoms with Gasteiger partial charge < -0.3 is 10.1 Å². The summed E-state index contributed by atoms with van der Waals surface area (Å²) in [5.41, 5.74) is 5.28. The smallest absolute Gasteiger partial charge is 0.305 e. The van der Waals surface area contributed by atoms with E-state index in [1.165, 1.54) is 7.11 Å². The molecule has 0 bridgehead atoms. The number of aryl methyl sites for hydroxylation is 1. The number of H-pyrrole nitrogens is 1. The van der Waals surface area contributed by atoms with Gasteiger partial charge in [-0.1, -0.05) is 36.4 Å². The lowest BCUT2D eigenvalue weighted by molar-refractivity contribution is -0.140. The molecule has 0 unspecified atom stereocenters. The van der Waals surface area contributed by atoms with Gasteiger partial charge in [0.1, 0.15) is 0 Å². The first kappa shape index (κ1) is 20.4. The molecular weight excluding hydrogens is 390 g/mol. The lowest BCUT2D eigenvalue weighted by Crippen LogP contribution is -2.06. The Hall–Kier alpha value is -3.87. The topological polar surface area (TPSA) is 84.8 Å². The van der Waals surface area contributed by atoms with Gasteiger partial charge in [0, 0.05) is 36.6 Å². The molecule has 0 aliphatic carbocycles. The summed E-state index contributed by atoms with van der Waals surface area (Å²) in [6, 6.07) is 18.4. The molecule has 31 heavy (non-hydrogen) atoms. The second-order valence-corrected chi connectivity index (χ2v) is 7.23. The normalized spacial score (nSPS) is 10.7. The molecule has 0 atom stereocenters. The van der Waals surface area contributed by atoms with E-state index < -0.39 is 0 Å². The van der Waals surface area contributed by atoms with Gasteiger partial charge in [0.15, 0.2) is 0 Å². The molecule has 7 heteroatoms. The van der Waals surface area contributed by atoms with Gasteiger partial charge in [0.2, 0.25) is 5.95 Å². The van der Waals surface area contributed by atoms with Gasteiger partial charge in [-0.15, -0.1) is 0 Å². The maximum atomic E-state index is 11.4. The van der Waals surface area contributed by atoms with Crippen molar-refractivity contribution in [1.82, 2.24) is 19.7 Å². The summed E-state index contributed by atoms with van der Waals surface area (Å²) < 4.78 is 6.78. The Kier molecular flexibility index (Phi) is 6.42. The van der Waals surface area contributed by atoms with Crippen LogP contribution in [0, 0.1) is 0 Å². The summed E-state index contributed by atoms with van der Waals surface area (Å²) >= 11 is 0. The number of nitrogens with one attached hydrogen (secondary N) is 2. The zero-order valence-corrected chi connectivity index (χ0v) is 17.4. The van der Waals surface area contributed by atoms with Gasteiger partial charge in [0.25, 0.3) is 0 Å². The van der Waals surface area contributed by atoms with Crippen molar-refractivity contribution in [3.8, 4) is 16.8 Å². The number of methoxy groups -OCH3 is 1. The minimum absolute atomic E-state index is 0.196. The molecule has 0 fully saturated rings. The molecule has 0 saturated heterocycles. The molecule has 0 aliphatic rings. The molecule has 7 nitrogen and oxygen atoms in total. The van der Waals surface area contributed by atoms with Crippen LogP contribution < -0.4 is 5.32 Å². The van der Waals surface area contributed by atoms with Crippen molar-refractivity contribution < 1.29 is 9.53 Å². The third-order valence-electron chi connectivity index (χ3n) is 5.04. The fourth-order valence-electron chi connectivity index (χ4n) is 3.43. The first-order valence-electron chi connectivity index (χ1n) is 10.3. The molecule has 158 valence electrons. The van der Waals surface area contributed by atoms with E-state index in [1.807, 2.05) is 59.6 Å². The summed E-state index contributed by atoms with van der Waals surface area (Å²) in [6.07, 6.45) is 7.52. The van der Waals surface area contributed by atoms with Crippen LogP contribution in [0.5, 0.6) is 0 Å². The predicted octanol–water partition coefficient (Wildman–Crippen LogP) is 4.37. The first-order chi connectivity index (χ1) is 15.2. The molecule has 4 rings (SSSR count). The third kappa shape index (κ3) is 5.19. The van der Waals surface area contributed by atoms with Crippen LogP contribution in [0.25, 0.3) is 16.8 Å². The quantitative estimate of drug-likeness (QED) is 0.397. The number of aromatic amines is 1. The second kappa shape index (κ2) is 9.75. The van der Waals surface area contributed by atoms with Crippen molar-refractivity contribution >= 4 is 11.9 Å². The maximum absolute atomic E-state index is 11.4. The van der Waals surface area contributed by atoms with E-state index in [2.05, 4.69) is 33.7 Å². The first-order valence-corrected chi connectivity index (χ1v) is 10.3. The molecule has 0 saturated carbocycles. The fourth-order valence-corrected chi connectivity index (χ4v) is 3.43. The summed E-state index contributed by atoms with van der Waals surface area (Å²) in [5, 5.41) is 10.3. The Bertz CT molecular complexity index is 1120. The van der Waals surface area contributed by atoms with Crippen molar-refractivity contribution in [2.75, 3.05) is 12.4 Å².